The zero-order valence-corrected chi connectivity index (χ0v) is 18.0. The monoisotopic (exact) mass is 417 g/mol. The van der Waals surface area contributed by atoms with E-state index >= 15 is 0 Å². The molecular weight excluding hydrogens is 390 g/mol. The fourth-order valence-corrected chi connectivity index (χ4v) is 5.73. The van der Waals surface area contributed by atoms with Crippen LogP contribution in [-0.2, 0) is 17.8 Å². The molecule has 2 fully saturated rings. The van der Waals surface area contributed by atoms with Crippen molar-refractivity contribution in [3.63, 3.8) is 0 Å². The van der Waals surface area contributed by atoms with Gasteiger partial charge in [-0.15, -0.1) is 11.3 Å². The van der Waals surface area contributed by atoms with Crippen LogP contribution in [0.4, 0.5) is 0 Å². The minimum absolute atomic E-state index is 0.223. The maximum atomic E-state index is 13.0. The molecule has 1 spiro atoms. The number of nitrogens with zero attached hydrogens (tertiary/aromatic N) is 3. The van der Waals surface area contributed by atoms with E-state index in [1.807, 2.05) is 23.6 Å². The minimum Gasteiger partial charge on any atom is -0.342 e. The lowest BCUT2D eigenvalue weighted by molar-refractivity contribution is -0.139. The largest absolute Gasteiger partial charge is 0.342 e. The molecular formula is C25H27N3OS. The lowest BCUT2D eigenvalue weighted by Crippen LogP contribution is -2.63. The van der Waals surface area contributed by atoms with Crippen LogP contribution < -0.4 is 0 Å². The van der Waals surface area contributed by atoms with Crippen molar-refractivity contribution in [1.29, 1.82) is 0 Å². The van der Waals surface area contributed by atoms with Crippen LogP contribution in [0.2, 0.25) is 0 Å². The van der Waals surface area contributed by atoms with Gasteiger partial charge in [-0.25, -0.2) is 4.98 Å². The Kier molecular flexibility index (Phi) is 5.40. The molecule has 1 aromatic heterocycles. The molecule has 154 valence electrons. The molecule has 2 saturated heterocycles. The molecule has 2 aliphatic heterocycles. The van der Waals surface area contributed by atoms with Crippen molar-refractivity contribution in [3.05, 3.63) is 77.3 Å². The highest BCUT2D eigenvalue weighted by Crippen LogP contribution is 2.39. The summed E-state index contributed by atoms with van der Waals surface area (Å²) in [5, 5.41) is 3.02. The molecule has 0 N–H and O–H groups in total. The van der Waals surface area contributed by atoms with Crippen molar-refractivity contribution >= 4 is 17.2 Å². The van der Waals surface area contributed by atoms with Crippen LogP contribution in [0.1, 0.15) is 24.1 Å². The van der Waals surface area contributed by atoms with E-state index in [1.165, 1.54) is 12.0 Å². The molecule has 3 aromatic rings. The number of hydrogen-bond donors (Lipinski definition) is 0. The fraction of sp³-hybridized carbons (Fsp3) is 0.360. The van der Waals surface area contributed by atoms with E-state index in [4.69, 9.17) is 4.98 Å². The summed E-state index contributed by atoms with van der Waals surface area (Å²) in [5.41, 5.74) is 3.67. The second kappa shape index (κ2) is 8.32. The van der Waals surface area contributed by atoms with Gasteiger partial charge in [-0.2, -0.15) is 0 Å². The molecule has 0 bridgehead atoms. The Morgan fingerprint density at radius 1 is 1.00 bits per heavy atom. The SMILES string of the molecule is O=C(Cc1csc(-c2ccccc2)n1)N1CCCC2(CN(Cc3ccccc3)C2)C1. The maximum Gasteiger partial charge on any atom is 0.228 e. The number of rotatable bonds is 5. The molecule has 30 heavy (non-hydrogen) atoms. The van der Waals surface area contributed by atoms with Crippen LogP contribution in [0.5, 0.6) is 0 Å². The Morgan fingerprint density at radius 2 is 1.73 bits per heavy atom. The first kappa shape index (κ1) is 19.5. The molecule has 3 heterocycles. The quantitative estimate of drug-likeness (QED) is 0.614. The summed E-state index contributed by atoms with van der Waals surface area (Å²) in [6, 6.07) is 20.8. The number of carbonyl (C=O) groups excluding carboxylic acids is 1. The van der Waals surface area contributed by atoms with Crippen molar-refractivity contribution in [1.82, 2.24) is 14.8 Å². The molecule has 4 nitrogen and oxygen atoms in total. The normalized spacial score (nSPS) is 18.3. The fourth-order valence-electron chi connectivity index (χ4n) is 4.90. The second-order valence-electron chi connectivity index (χ2n) is 8.74. The van der Waals surface area contributed by atoms with Gasteiger partial charge in [-0.3, -0.25) is 9.69 Å². The maximum absolute atomic E-state index is 13.0. The number of thiazole rings is 1. The number of aromatic nitrogens is 1. The van der Waals surface area contributed by atoms with E-state index in [-0.39, 0.29) is 5.91 Å². The number of piperidine rings is 1. The van der Waals surface area contributed by atoms with Crippen LogP contribution in [-0.4, -0.2) is 46.9 Å². The van der Waals surface area contributed by atoms with Gasteiger partial charge in [0.2, 0.25) is 5.91 Å². The van der Waals surface area contributed by atoms with E-state index in [9.17, 15) is 4.79 Å². The summed E-state index contributed by atoms with van der Waals surface area (Å²) in [6.07, 6.45) is 2.75. The van der Waals surface area contributed by atoms with E-state index in [2.05, 4.69) is 52.3 Å². The number of likely N-dealkylation sites (tertiary alicyclic amines) is 2. The predicted molar refractivity (Wildman–Crippen MR) is 121 cm³/mol. The van der Waals surface area contributed by atoms with Gasteiger partial charge in [0, 0.05) is 49.1 Å². The molecule has 2 aliphatic rings. The first-order chi connectivity index (χ1) is 14.7. The number of amides is 1. The van der Waals surface area contributed by atoms with Crippen LogP contribution in [0.3, 0.4) is 0 Å². The average molecular weight is 418 g/mol. The molecule has 5 rings (SSSR count). The molecule has 2 aromatic carbocycles. The van der Waals surface area contributed by atoms with Crippen LogP contribution >= 0.6 is 11.3 Å². The number of benzene rings is 2. The molecule has 1 amide bonds. The van der Waals surface area contributed by atoms with Gasteiger partial charge in [0.25, 0.3) is 0 Å². The van der Waals surface area contributed by atoms with Crippen molar-refractivity contribution in [3.8, 4) is 10.6 Å². The highest BCUT2D eigenvalue weighted by atomic mass is 32.1. The van der Waals surface area contributed by atoms with Gasteiger partial charge >= 0.3 is 0 Å². The first-order valence-electron chi connectivity index (χ1n) is 10.7. The van der Waals surface area contributed by atoms with Crippen molar-refractivity contribution in [2.75, 3.05) is 26.2 Å². The van der Waals surface area contributed by atoms with Crippen molar-refractivity contribution in [2.24, 2.45) is 5.41 Å². The molecule has 0 atom stereocenters. The van der Waals surface area contributed by atoms with E-state index in [1.54, 1.807) is 11.3 Å². The predicted octanol–water partition coefficient (Wildman–Crippen LogP) is 4.48. The van der Waals surface area contributed by atoms with Crippen LogP contribution in [0, 0.1) is 5.41 Å². The number of carbonyl (C=O) groups is 1. The Bertz CT molecular complexity index is 996. The third-order valence-corrected chi connectivity index (χ3v) is 7.23. The Labute approximate surface area is 182 Å². The van der Waals surface area contributed by atoms with Gasteiger partial charge in [-0.05, 0) is 18.4 Å². The molecule has 0 unspecified atom stereocenters. The summed E-state index contributed by atoms with van der Waals surface area (Å²) in [7, 11) is 0. The summed E-state index contributed by atoms with van der Waals surface area (Å²) < 4.78 is 0. The van der Waals surface area contributed by atoms with E-state index in [0.717, 1.165) is 55.4 Å². The smallest absolute Gasteiger partial charge is 0.228 e. The number of hydrogen-bond acceptors (Lipinski definition) is 4. The van der Waals surface area contributed by atoms with Gasteiger partial charge < -0.3 is 4.90 Å². The highest BCUT2D eigenvalue weighted by Gasteiger charge is 2.46. The van der Waals surface area contributed by atoms with E-state index < -0.39 is 0 Å². The summed E-state index contributed by atoms with van der Waals surface area (Å²) in [4.78, 5) is 22.3. The third-order valence-electron chi connectivity index (χ3n) is 6.29. The first-order valence-corrected chi connectivity index (χ1v) is 11.6. The lowest BCUT2D eigenvalue weighted by Gasteiger charge is -2.54. The van der Waals surface area contributed by atoms with Crippen molar-refractivity contribution < 1.29 is 4.79 Å². The van der Waals surface area contributed by atoms with Gasteiger partial charge in [-0.1, -0.05) is 60.7 Å². The minimum atomic E-state index is 0.223. The summed E-state index contributed by atoms with van der Waals surface area (Å²) in [5.74, 6) is 0.223. The highest BCUT2D eigenvalue weighted by molar-refractivity contribution is 7.13. The van der Waals surface area contributed by atoms with E-state index in [0.29, 0.717) is 11.8 Å². The van der Waals surface area contributed by atoms with Crippen molar-refractivity contribution in [2.45, 2.75) is 25.8 Å². The third kappa shape index (κ3) is 4.18. The van der Waals surface area contributed by atoms with Gasteiger partial charge in [0.1, 0.15) is 5.01 Å². The summed E-state index contributed by atoms with van der Waals surface area (Å²) >= 11 is 1.62. The average Bonchev–Trinajstić information content (AvgIpc) is 3.23. The molecule has 0 saturated carbocycles. The molecule has 5 heteroatoms. The Hall–Kier alpha value is -2.50. The lowest BCUT2D eigenvalue weighted by atomic mass is 9.73. The van der Waals surface area contributed by atoms with Crippen LogP contribution in [0.15, 0.2) is 66.0 Å². The van der Waals surface area contributed by atoms with Gasteiger partial charge in [0.15, 0.2) is 0 Å². The molecule has 0 aliphatic carbocycles. The van der Waals surface area contributed by atoms with Crippen LogP contribution in [0.25, 0.3) is 10.6 Å². The Balaban J connectivity index is 1.17. The second-order valence-corrected chi connectivity index (χ2v) is 9.59. The van der Waals surface area contributed by atoms with Gasteiger partial charge in [0.05, 0.1) is 12.1 Å². The topological polar surface area (TPSA) is 36.4 Å². The summed E-state index contributed by atoms with van der Waals surface area (Å²) in [6.45, 7) is 4.99. The zero-order valence-electron chi connectivity index (χ0n) is 17.2. The Morgan fingerprint density at radius 3 is 2.50 bits per heavy atom. The molecule has 0 radical (unpaired) electrons. The standard InChI is InChI=1S/C25H27N3OS/c29-23(14-22-16-30-24(26-22)21-10-5-2-6-11-21)28-13-7-12-25(19-28)17-27(18-25)15-20-8-3-1-4-9-20/h1-6,8-11,16H,7,12-15,17-19H2. The zero-order chi connectivity index (χ0) is 20.4.